The Morgan fingerprint density at radius 3 is 2.68 bits per heavy atom. The molecule has 0 aliphatic rings. The number of hydrogen-bond donors (Lipinski definition) is 1. The summed E-state index contributed by atoms with van der Waals surface area (Å²) in [4.78, 5) is 4.95. The van der Waals surface area contributed by atoms with E-state index >= 15 is 0 Å². The van der Waals surface area contributed by atoms with Crippen LogP contribution in [0.5, 0.6) is 0 Å². The first kappa shape index (κ1) is 14.1. The highest BCUT2D eigenvalue weighted by atomic mass is 35.5. The Hall–Kier alpha value is -1.33. The lowest BCUT2D eigenvalue weighted by molar-refractivity contribution is 0.506. The molecule has 1 aromatic heterocycles. The maximum atomic E-state index is 13.1. The normalized spacial score (nSPS) is 10.5. The van der Waals surface area contributed by atoms with Gasteiger partial charge in [0.05, 0.1) is 10.7 Å². The minimum absolute atomic E-state index is 0.486. The van der Waals surface area contributed by atoms with E-state index in [-0.39, 0.29) is 0 Å². The fourth-order valence-corrected chi connectivity index (χ4v) is 2.57. The maximum absolute atomic E-state index is 13.1. The van der Waals surface area contributed by atoms with Gasteiger partial charge in [0.25, 0.3) is 0 Å². The summed E-state index contributed by atoms with van der Waals surface area (Å²) < 4.78 is 25.9. The molecule has 0 spiro atoms. The third kappa shape index (κ3) is 3.58. The van der Waals surface area contributed by atoms with Crippen molar-refractivity contribution in [2.75, 3.05) is 12.4 Å². The molecular formula is C13H11ClF2N2S. The van der Waals surface area contributed by atoms with Crippen molar-refractivity contribution >= 4 is 29.2 Å². The van der Waals surface area contributed by atoms with Crippen LogP contribution < -0.4 is 5.32 Å². The van der Waals surface area contributed by atoms with Gasteiger partial charge in [-0.15, -0.1) is 11.8 Å². The van der Waals surface area contributed by atoms with Crippen molar-refractivity contribution in [1.82, 2.24) is 4.98 Å². The van der Waals surface area contributed by atoms with E-state index in [1.165, 1.54) is 17.8 Å². The van der Waals surface area contributed by atoms with Crippen LogP contribution >= 0.6 is 23.4 Å². The molecule has 2 nitrogen and oxygen atoms in total. The number of anilines is 1. The van der Waals surface area contributed by atoms with Crippen molar-refractivity contribution < 1.29 is 8.78 Å². The highest BCUT2D eigenvalue weighted by molar-refractivity contribution is 7.98. The van der Waals surface area contributed by atoms with Gasteiger partial charge in [0.15, 0.2) is 11.6 Å². The molecule has 0 saturated carbocycles. The zero-order chi connectivity index (χ0) is 13.8. The topological polar surface area (TPSA) is 24.9 Å². The van der Waals surface area contributed by atoms with E-state index in [1.54, 1.807) is 19.2 Å². The van der Waals surface area contributed by atoms with Crippen molar-refractivity contribution in [2.45, 2.75) is 10.6 Å². The van der Waals surface area contributed by atoms with Crippen molar-refractivity contribution in [1.29, 1.82) is 0 Å². The Balaban J connectivity index is 2.11. The van der Waals surface area contributed by atoms with Gasteiger partial charge in [-0.05, 0) is 30.3 Å². The SMILES string of the molecule is CNc1ccc(Cl)c(CSc2ccc(F)c(F)c2)n1. The van der Waals surface area contributed by atoms with Crippen LogP contribution in [-0.2, 0) is 5.75 Å². The third-order valence-electron chi connectivity index (χ3n) is 2.44. The summed E-state index contributed by atoms with van der Waals surface area (Å²) in [5.74, 6) is -0.504. The van der Waals surface area contributed by atoms with E-state index in [4.69, 9.17) is 11.6 Å². The predicted molar refractivity (Wildman–Crippen MR) is 74.7 cm³/mol. The highest BCUT2D eigenvalue weighted by Gasteiger charge is 2.07. The second-order valence-electron chi connectivity index (χ2n) is 3.74. The molecule has 0 fully saturated rings. The smallest absolute Gasteiger partial charge is 0.159 e. The number of aromatic nitrogens is 1. The molecule has 1 N–H and O–H groups in total. The second kappa shape index (κ2) is 6.21. The van der Waals surface area contributed by atoms with E-state index < -0.39 is 11.6 Å². The Morgan fingerprint density at radius 1 is 1.21 bits per heavy atom. The molecule has 6 heteroatoms. The lowest BCUT2D eigenvalue weighted by Gasteiger charge is -2.06. The molecule has 0 atom stereocenters. The monoisotopic (exact) mass is 300 g/mol. The number of hydrogen-bond acceptors (Lipinski definition) is 3. The summed E-state index contributed by atoms with van der Waals surface area (Å²) in [6.45, 7) is 0. The molecule has 2 aromatic rings. The number of nitrogens with one attached hydrogen (secondary N) is 1. The van der Waals surface area contributed by atoms with Gasteiger partial charge in [0.1, 0.15) is 5.82 Å². The summed E-state index contributed by atoms with van der Waals surface area (Å²) in [6, 6.07) is 7.32. The van der Waals surface area contributed by atoms with E-state index in [2.05, 4.69) is 10.3 Å². The third-order valence-corrected chi connectivity index (χ3v) is 3.79. The number of halogens is 3. The Bertz CT molecular complexity index is 593. The largest absolute Gasteiger partial charge is 0.373 e. The molecule has 2 rings (SSSR count). The summed E-state index contributed by atoms with van der Waals surface area (Å²) in [5, 5.41) is 3.47. The van der Waals surface area contributed by atoms with Gasteiger partial charge < -0.3 is 5.32 Å². The van der Waals surface area contributed by atoms with E-state index in [0.717, 1.165) is 12.1 Å². The molecule has 19 heavy (non-hydrogen) atoms. The minimum Gasteiger partial charge on any atom is -0.373 e. The first-order valence-corrected chi connectivity index (χ1v) is 6.87. The van der Waals surface area contributed by atoms with Gasteiger partial charge in [0, 0.05) is 17.7 Å². The van der Waals surface area contributed by atoms with Crippen molar-refractivity contribution in [3.63, 3.8) is 0 Å². The van der Waals surface area contributed by atoms with E-state index in [1.807, 2.05) is 0 Å². The Labute approximate surface area is 119 Å². The van der Waals surface area contributed by atoms with Crippen molar-refractivity contribution in [3.8, 4) is 0 Å². The molecule has 0 unspecified atom stereocenters. The lowest BCUT2D eigenvalue weighted by Crippen LogP contribution is -1.96. The number of pyridine rings is 1. The quantitative estimate of drug-likeness (QED) is 0.850. The standard InChI is InChI=1S/C13H11ClF2N2S/c1-17-13-5-3-9(14)12(18-13)7-19-8-2-4-10(15)11(16)6-8/h2-6H,7H2,1H3,(H,17,18). The summed E-state index contributed by atoms with van der Waals surface area (Å²) >= 11 is 7.39. The Morgan fingerprint density at radius 2 is 2.00 bits per heavy atom. The van der Waals surface area contributed by atoms with Gasteiger partial charge in [-0.2, -0.15) is 0 Å². The van der Waals surface area contributed by atoms with Gasteiger partial charge >= 0.3 is 0 Å². The van der Waals surface area contributed by atoms with Crippen LogP contribution in [0, 0.1) is 11.6 Å². The Kier molecular flexibility index (Phi) is 4.61. The lowest BCUT2D eigenvalue weighted by atomic mass is 10.3. The molecule has 0 amide bonds. The van der Waals surface area contributed by atoms with Gasteiger partial charge in [-0.25, -0.2) is 13.8 Å². The summed E-state index contributed by atoms with van der Waals surface area (Å²) in [5.41, 5.74) is 0.697. The van der Waals surface area contributed by atoms with Crippen molar-refractivity contribution in [3.05, 3.63) is 52.7 Å². The molecule has 0 aliphatic heterocycles. The number of rotatable bonds is 4. The summed E-state index contributed by atoms with van der Waals surface area (Å²) in [6.07, 6.45) is 0. The van der Waals surface area contributed by atoms with Crippen LogP contribution in [0.15, 0.2) is 35.2 Å². The number of nitrogens with zero attached hydrogens (tertiary/aromatic N) is 1. The molecule has 1 aromatic carbocycles. The van der Waals surface area contributed by atoms with Crippen LogP contribution in [0.1, 0.15) is 5.69 Å². The maximum Gasteiger partial charge on any atom is 0.159 e. The average molecular weight is 301 g/mol. The highest BCUT2D eigenvalue weighted by Crippen LogP contribution is 2.27. The van der Waals surface area contributed by atoms with E-state index in [9.17, 15) is 8.78 Å². The van der Waals surface area contributed by atoms with Crippen LogP contribution in [0.4, 0.5) is 14.6 Å². The zero-order valence-electron chi connectivity index (χ0n) is 10.1. The van der Waals surface area contributed by atoms with E-state index in [0.29, 0.717) is 27.2 Å². The predicted octanol–water partition coefficient (Wildman–Crippen LogP) is 4.35. The van der Waals surface area contributed by atoms with Gasteiger partial charge in [-0.1, -0.05) is 11.6 Å². The second-order valence-corrected chi connectivity index (χ2v) is 5.20. The van der Waals surface area contributed by atoms with Crippen LogP contribution in [-0.4, -0.2) is 12.0 Å². The van der Waals surface area contributed by atoms with Crippen LogP contribution in [0.3, 0.4) is 0 Å². The first-order chi connectivity index (χ1) is 9.10. The fraction of sp³-hybridized carbons (Fsp3) is 0.154. The summed E-state index contributed by atoms with van der Waals surface area (Å²) in [7, 11) is 1.77. The molecule has 0 radical (unpaired) electrons. The van der Waals surface area contributed by atoms with Gasteiger partial charge in [-0.3, -0.25) is 0 Å². The first-order valence-electron chi connectivity index (χ1n) is 5.51. The zero-order valence-corrected chi connectivity index (χ0v) is 11.7. The van der Waals surface area contributed by atoms with Crippen molar-refractivity contribution in [2.24, 2.45) is 0 Å². The average Bonchev–Trinajstić information content (AvgIpc) is 2.41. The molecule has 1 heterocycles. The molecule has 100 valence electrons. The minimum atomic E-state index is -0.854. The molecule has 0 saturated heterocycles. The molecule has 0 aliphatic carbocycles. The molecule has 0 bridgehead atoms. The number of thioether (sulfide) groups is 1. The van der Waals surface area contributed by atoms with Crippen LogP contribution in [0.2, 0.25) is 5.02 Å². The number of benzene rings is 1. The molecular weight excluding hydrogens is 290 g/mol. The van der Waals surface area contributed by atoms with Crippen LogP contribution in [0.25, 0.3) is 0 Å². The van der Waals surface area contributed by atoms with Gasteiger partial charge in [0.2, 0.25) is 0 Å². The fourth-order valence-electron chi connectivity index (χ4n) is 1.44.